The van der Waals surface area contributed by atoms with Crippen molar-refractivity contribution in [2.24, 2.45) is 0 Å². The predicted octanol–water partition coefficient (Wildman–Crippen LogP) is 4.09. The van der Waals surface area contributed by atoms with Gasteiger partial charge < -0.3 is 0 Å². The van der Waals surface area contributed by atoms with Crippen molar-refractivity contribution in [3.8, 4) is 0 Å². The van der Waals surface area contributed by atoms with Crippen LogP contribution in [0.2, 0.25) is 0 Å². The lowest BCUT2D eigenvalue weighted by Gasteiger charge is -2.00. The van der Waals surface area contributed by atoms with Gasteiger partial charge in [0.15, 0.2) is 0 Å². The fourth-order valence-electron chi connectivity index (χ4n) is 0.666. The Labute approximate surface area is 86.0 Å². The maximum absolute atomic E-state index is 12.9. The summed E-state index contributed by atoms with van der Waals surface area (Å²) in [7, 11) is 0. The Morgan fingerprint density at radius 3 is 2.36 bits per heavy atom. The van der Waals surface area contributed by atoms with Crippen LogP contribution in [0.15, 0.2) is 21.1 Å². The van der Waals surface area contributed by atoms with Crippen LogP contribution >= 0.6 is 43.5 Å². The molecule has 60 valence electrons. The highest BCUT2D eigenvalue weighted by Crippen LogP contribution is 2.26. The second-order valence-corrected chi connectivity index (χ2v) is 3.97. The quantitative estimate of drug-likeness (QED) is 0.541. The van der Waals surface area contributed by atoms with Crippen LogP contribution in [0.25, 0.3) is 0 Å². The molecule has 11 heavy (non-hydrogen) atoms. The molecule has 0 fully saturated rings. The summed E-state index contributed by atoms with van der Waals surface area (Å²) < 4.78 is 14.4. The summed E-state index contributed by atoms with van der Waals surface area (Å²) in [5.41, 5.74) is 0.502. The van der Waals surface area contributed by atoms with E-state index in [4.69, 9.17) is 11.6 Å². The van der Waals surface area contributed by atoms with Crippen molar-refractivity contribution in [2.75, 3.05) is 0 Å². The van der Waals surface area contributed by atoms with Gasteiger partial charge in [0.25, 0.3) is 0 Å². The van der Waals surface area contributed by atoms with E-state index in [1.165, 1.54) is 6.07 Å². The van der Waals surface area contributed by atoms with Crippen LogP contribution in [0, 0.1) is 5.82 Å². The van der Waals surface area contributed by atoms with Crippen LogP contribution < -0.4 is 0 Å². The molecule has 0 aliphatic carbocycles. The number of hydrogen-bond donors (Lipinski definition) is 0. The van der Waals surface area contributed by atoms with Crippen LogP contribution in [0.3, 0.4) is 0 Å². The Hall–Kier alpha value is 0.400. The molecule has 1 aromatic carbocycles. The first-order valence-electron chi connectivity index (χ1n) is 2.84. The molecule has 0 aliphatic rings. The van der Waals surface area contributed by atoms with Crippen LogP contribution in [-0.2, 0) is 5.88 Å². The zero-order valence-electron chi connectivity index (χ0n) is 5.37. The van der Waals surface area contributed by atoms with Gasteiger partial charge in [0.2, 0.25) is 0 Å². The molecule has 1 aromatic rings. The van der Waals surface area contributed by atoms with Gasteiger partial charge in [-0.2, -0.15) is 0 Å². The monoisotopic (exact) mass is 300 g/mol. The third-order valence-corrected chi connectivity index (χ3v) is 3.37. The molecule has 0 spiro atoms. The molecule has 0 saturated carbocycles. The summed E-state index contributed by atoms with van der Waals surface area (Å²) >= 11 is 11.9. The van der Waals surface area contributed by atoms with Crippen molar-refractivity contribution in [1.29, 1.82) is 0 Å². The first-order chi connectivity index (χ1) is 5.15. The average molecular weight is 302 g/mol. The highest BCUT2D eigenvalue weighted by atomic mass is 79.9. The zero-order chi connectivity index (χ0) is 8.43. The minimum absolute atomic E-state index is 0.192. The predicted molar refractivity (Wildman–Crippen MR) is 51.4 cm³/mol. The topological polar surface area (TPSA) is 0 Å². The lowest BCUT2D eigenvalue weighted by atomic mass is 10.2. The Balaban J connectivity index is 3.21. The molecule has 0 aromatic heterocycles. The minimum Gasteiger partial charge on any atom is -0.207 e. The highest BCUT2D eigenvalue weighted by Gasteiger charge is 2.04. The van der Waals surface area contributed by atoms with Crippen molar-refractivity contribution in [1.82, 2.24) is 0 Å². The van der Waals surface area contributed by atoms with Gasteiger partial charge in [-0.3, -0.25) is 0 Å². The maximum atomic E-state index is 12.9. The van der Waals surface area contributed by atoms with E-state index in [-0.39, 0.29) is 11.7 Å². The van der Waals surface area contributed by atoms with Crippen molar-refractivity contribution >= 4 is 43.5 Å². The van der Waals surface area contributed by atoms with Gasteiger partial charge >= 0.3 is 0 Å². The van der Waals surface area contributed by atoms with E-state index >= 15 is 0 Å². The number of rotatable bonds is 1. The first kappa shape index (κ1) is 9.49. The summed E-state index contributed by atoms with van der Waals surface area (Å²) in [6.07, 6.45) is 0. The molecule has 1 rings (SSSR count). The smallest absolute Gasteiger partial charge is 0.128 e. The Kier molecular flexibility index (Phi) is 3.34. The van der Waals surface area contributed by atoms with E-state index in [0.717, 1.165) is 4.47 Å². The standard InChI is InChI=1S/C7H4Br2ClF/c8-5-1-4(3-10)7(11)2-6(5)9/h1-2H,3H2. The summed E-state index contributed by atoms with van der Waals surface area (Å²) in [5, 5.41) is 0. The van der Waals surface area contributed by atoms with Crippen LogP contribution in [0.1, 0.15) is 5.56 Å². The normalized spacial score (nSPS) is 10.2. The highest BCUT2D eigenvalue weighted by molar-refractivity contribution is 9.13. The Morgan fingerprint density at radius 2 is 1.82 bits per heavy atom. The van der Waals surface area contributed by atoms with Crippen LogP contribution in [0.5, 0.6) is 0 Å². The summed E-state index contributed by atoms with van der Waals surface area (Å²) in [4.78, 5) is 0. The van der Waals surface area contributed by atoms with Crippen LogP contribution in [0.4, 0.5) is 4.39 Å². The van der Waals surface area contributed by atoms with Gasteiger partial charge in [0.1, 0.15) is 5.82 Å². The largest absolute Gasteiger partial charge is 0.207 e. The molecular formula is C7H4Br2ClF. The summed E-state index contributed by atoms with van der Waals surface area (Å²) in [5.74, 6) is -0.0902. The number of benzene rings is 1. The molecule has 0 bridgehead atoms. The third kappa shape index (κ3) is 2.17. The van der Waals surface area contributed by atoms with Gasteiger partial charge in [-0.15, -0.1) is 11.6 Å². The molecule has 0 atom stereocenters. The van der Waals surface area contributed by atoms with Crippen molar-refractivity contribution in [3.63, 3.8) is 0 Å². The lowest BCUT2D eigenvalue weighted by Crippen LogP contribution is -1.86. The molecule has 0 N–H and O–H groups in total. The second-order valence-electron chi connectivity index (χ2n) is 1.99. The Morgan fingerprint density at radius 1 is 1.27 bits per heavy atom. The number of hydrogen-bond acceptors (Lipinski definition) is 0. The van der Waals surface area contributed by atoms with E-state index in [0.29, 0.717) is 10.0 Å². The fourth-order valence-corrected chi connectivity index (χ4v) is 1.58. The minimum atomic E-state index is -0.282. The molecule has 0 saturated heterocycles. The Bertz CT molecular complexity index is 275. The molecule has 0 aliphatic heterocycles. The van der Waals surface area contributed by atoms with E-state index in [1.807, 2.05) is 0 Å². The molecular weight excluding hydrogens is 298 g/mol. The molecule has 4 heteroatoms. The van der Waals surface area contributed by atoms with Gasteiger partial charge in [0, 0.05) is 14.5 Å². The zero-order valence-corrected chi connectivity index (χ0v) is 9.30. The third-order valence-electron chi connectivity index (χ3n) is 1.23. The molecule has 0 nitrogen and oxygen atoms in total. The van der Waals surface area contributed by atoms with Crippen molar-refractivity contribution < 1.29 is 4.39 Å². The van der Waals surface area contributed by atoms with Gasteiger partial charge in [-0.25, -0.2) is 4.39 Å². The summed E-state index contributed by atoms with van der Waals surface area (Å²) in [6.45, 7) is 0. The van der Waals surface area contributed by atoms with E-state index in [1.54, 1.807) is 6.07 Å². The van der Waals surface area contributed by atoms with Gasteiger partial charge in [-0.05, 0) is 44.0 Å². The fraction of sp³-hybridized carbons (Fsp3) is 0.143. The molecule has 0 heterocycles. The van der Waals surface area contributed by atoms with Crippen LogP contribution in [-0.4, -0.2) is 0 Å². The molecule has 0 amide bonds. The molecule has 0 unspecified atom stereocenters. The number of alkyl halides is 1. The van der Waals surface area contributed by atoms with E-state index in [2.05, 4.69) is 31.9 Å². The molecule has 0 radical (unpaired) electrons. The lowest BCUT2D eigenvalue weighted by molar-refractivity contribution is 0.615. The summed E-state index contributed by atoms with van der Waals surface area (Å²) in [6, 6.07) is 3.05. The SMILES string of the molecule is Fc1cc(Br)c(Br)cc1CCl. The van der Waals surface area contributed by atoms with E-state index < -0.39 is 0 Å². The average Bonchev–Trinajstić information content (AvgIpc) is 1.97. The van der Waals surface area contributed by atoms with Crippen molar-refractivity contribution in [2.45, 2.75) is 5.88 Å². The van der Waals surface area contributed by atoms with Gasteiger partial charge in [0.05, 0.1) is 5.88 Å². The van der Waals surface area contributed by atoms with E-state index in [9.17, 15) is 4.39 Å². The van der Waals surface area contributed by atoms with Crippen molar-refractivity contribution in [3.05, 3.63) is 32.5 Å². The van der Waals surface area contributed by atoms with Gasteiger partial charge in [-0.1, -0.05) is 0 Å². The second kappa shape index (κ2) is 3.87. The number of halogens is 4. The first-order valence-corrected chi connectivity index (χ1v) is 4.96. The maximum Gasteiger partial charge on any atom is 0.128 e.